The number of benzene rings is 2. The van der Waals surface area contributed by atoms with Gasteiger partial charge in [-0.25, -0.2) is 18.7 Å². The number of nitrogens with two attached hydrogens (primary N) is 1. The zero-order valence-corrected chi connectivity index (χ0v) is 23.1. The topological polar surface area (TPSA) is 130 Å². The number of rotatable bonds is 11. The molecule has 4 N–H and O–H groups in total. The summed E-state index contributed by atoms with van der Waals surface area (Å²) in [6.07, 6.45) is 4.85. The number of nitrogens with zero attached hydrogens (tertiary/aromatic N) is 3. The molecule has 3 atom stereocenters. The van der Waals surface area contributed by atoms with Crippen molar-refractivity contribution in [2.75, 3.05) is 19.6 Å². The van der Waals surface area contributed by atoms with E-state index >= 15 is 0 Å². The van der Waals surface area contributed by atoms with Crippen molar-refractivity contribution in [3.63, 3.8) is 0 Å². The molecule has 1 aromatic heterocycles. The molecule has 3 aromatic rings. The highest BCUT2D eigenvalue weighted by Gasteiger charge is 2.42. The van der Waals surface area contributed by atoms with Crippen molar-refractivity contribution in [1.29, 1.82) is 0 Å². The third-order valence-corrected chi connectivity index (χ3v) is 8.05. The van der Waals surface area contributed by atoms with E-state index in [-0.39, 0.29) is 43.7 Å². The fourth-order valence-electron chi connectivity index (χ4n) is 5.36. The summed E-state index contributed by atoms with van der Waals surface area (Å²) >= 11 is 0. The van der Waals surface area contributed by atoms with Crippen LogP contribution in [0.1, 0.15) is 53.9 Å². The summed E-state index contributed by atoms with van der Waals surface area (Å²) in [6, 6.07) is 14.5. The van der Waals surface area contributed by atoms with Gasteiger partial charge in [0.2, 0.25) is 5.91 Å². The number of carbonyl (C=O) groups is 3. The quantitative estimate of drug-likeness (QED) is 0.301. The van der Waals surface area contributed by atoms with Gasteiger partial charge in [-0.1, -0.05) is 24.3 Å². The SMILES string of the molecule is NC(=O)C1(F)CCN(C(=O)C(CCCN[C@@H]2C[C@H]2c2ccc(F)cc2)NC(=O)c2ccc(-c3ncccn3)cc2)CC1. The monoisotopic (exact) mass is 576 g/mol. The molecule has 3 amide bonds. The van der Waals surface area contributed by atoms with Gasteiger partial charge in [0.25, 0.3) is 11.8 Å². The highest BCUT2D eigenvalue weighted by atomic mass is 19.1. The van der Waals surface area contributed by atoms with E-state index in [2.05, 4.69) is 20.6 Å². The van der Waals surface area contributed by atoms with Gasteiger partial charge >= 0.3 is 0 Å². The molecule has 2 heterocycles. The van der Waals surface area contributed by atoms with Crippen LogP contribution in [0.2, 0.25) is 0 Å². The molecule has 11 heteroatoms. The van der Waals surface area contributed by atoms with E-state index < -0.39 is 23.5 Å². The fourth-order valence-corrected chi connectivity index (χ4v) is 5.36. The Kier molecular flexibility index (Phi) is 8.86. The Morgan fingerprint density at radius 3 is 2.33 bits per heavy atom. The van der Waals surface area contributed by atoms with Crippen LogP contribution in [0.15, 0.2) is 67.0 Å². The number of alkyl halides is 1. The first kappa shape index (κ1) is 29.2. The summed E-state index contributed by atoms with van der Waals surface area (Å²) in [4.78, 5) is 48.1. The van der Waals surface area contributed by atoms with Gasteiger partial charge in [-0.05, 0) is 61.7 Å². The molecule has 1 aliphatic heterocycles. The smallest absolute Gasteiger partial charge is 0.255 e. The average Bonchev–Trinajstić information content (AvgIpc) is 3.79. The Morgan fingerprint density at radius 1 is 1.02 bits per heavy atom. The summed E-state index contributed by atoms with van der Waals surface area (Å²) in [5.74, 6) is -1.15. The van der Waals surface area contributed by atoms with Gasteiger partial charge in [-0.15, -0.1) is 0 Å². The molecule has 0 bridgehead atoms. The van der Waals surface area contributed by atoms with Crippen LogP contribution in [-0.2, 0) is 9.59 Å². The zero-order valence-electron chi connectivity index (χ0n) is 23.1. The lowest BCUT2D eigenvalue weighted by molar-refractivity contribution is -0.141. The van der Waals surface area contributed by atoms with Gasteiger partial charge in [-0.3, -0.25) is 14.4 Å². The molecule has 42 heavy (non-hydrogen) atoms. The Balaban J connectivity index is 1.19. The van der Waals surface area contributed by atoms with Gasteiger partial charge in [0.05, 0.1) is 0 Å². The minimum atomic E-state index is -2.13. The standard InChI is InChI=1S/C31H34F2N6O3/c32-23-10-8-20(9-11-23)24-19-26(24)35-14-1-3-25(29(41)39-17-12-31(33,13-18-39)30(34)42)38-28(40)22-6-4-21(5-7-22)27-36-15-2-16-37-27/h2,4-11,15-16,24-26,35H,1,3,12-14,17-19H2,(H2,34,42)(H,38,40)/t24-,25?,26+/m0/s1. The number of hydrogen-bond donors (Lipinski definition) is 3. The number of carbonyl (C=O) groups excluding carboxylic acids is 3. The van der Waals surface area contributed by atoms with Crippen LogP contribution in [0.25, 0.3) is 11.4 Å². The second-order valence-corrected chi connectivity index (χ2v) is 10.9. The van der Waals surface area contributed by atoms with Crippen molar-refractivity contribution in [3.05, 3.63) is 83.9 Å². The van der Waals surface area contributed by atoms with Crippen LogP contribution < -0.4 is 16.4 Å². The largest absolute Gasteiger partial charge is 0.367 e. The molecule has 1 unspecified atom stereocenters. The number of likely N-dealkylation sites (tertiary alicyclic amines) is 1. The van der Waals surface area contributed by atoms with E-state index in [4.69, 9.17) is 5.73 Å². The maximum atomic E-state index is 14.7. The minimum absolute atomic E-state index is 0.0378. The molecule has 220 valence electrons. The maximum absolute atomic E-state index is 14.7. The highest BCUT2D eigenvalue weighted by molar-refractivity contribution is 5.98. The van der Waals surface area contributed by atoms with E-state index in [0.29, 0.717) is 36.7 Å². The number of halogens is 2. The predicted molar refractivity (Wildman–Crippen MR) is 152 cm³/mol. The van der Waals surface area contributed by atoms with Crippen LogP contribution in [0.5, 0.6) is 0 Å². The van der Waals surface area contributed by atoms with Crippen molar-refractivity contribution in [2.24, 2.45) is 5.73 Å². The Labute approximate surface area is 242 Å². The summed E-state index contributed by atoms with van der Waals surface area (Å²) < 4.78 is 27.9. The molecule has 0 spiro atoms. The van der Waals surface area contributed by atoms with Crippen molar-refractivity contribution in [2.45, 2.75) is 55.8 Å². The summed E-state index contributed by atoms with van der Waals surface area (Å²) in [7, 11) is 0. The molecule has 9 nitrogen and oxygen atoms in total. The van der Waals surface area contributed by atoms with Crippen molar-refractivity contribution in [1.82, 2.24) is 25.5 Å². The average molecular weight is 577 g/mol. The van der Waals surface area contributed by atoms with Crippen LogP contribution >= 0.6 is 0 Å². The first-order valence-electron chi connectivity index (χ1n) is 14.2. The fraction of sp³-hybridized carbons (Fsp3) is 0.387. The second-order valence-electron chi connectivity index (χ2n) is 10.9. The number of piperidine rings is 1. The van der Waals surface area contributed by atoms with Gasteiger partial charge in [0.1, 0.15) is 11.9 Å². The van der Waals surface area contributed by atoms with E-state index in [1.165, 1.54) is 17.0 Å². The summed E-state index contributed by atoms with van der Waals surface area (Å²) in [5, 5.41) is 6.35. The molecular formula is C31H34F2N6O3. The maximum Gasteiger partial charge on any atom is 0.255 e. The molecule has 2 fully saturated rings. The van der Waals surface area contributed by atoms with E-state index in [0.717, 1.165) is 17.5 Å². The first-order chi connectivity index (χ1) is 20.2. The molecular weight excluding hydrogens is 542 g/mol. The van der Waals surface area contributed by atoms with Gasteiger partial charge in [-0.2, -0.15) is 0 Å². The third kappa shape index (κ3) is 6.96. The van der Waals surface area contributed by atoms with Crippen LogP contribution in [-0.4, -0.2) is 70.0 Å². The molecule has 1 saturated carbocycles. The molecule has 1 saturated heterocycles. The van der Waals surface area contributed by atoms with E-state index in [1.54, 1.807) is 54.9 Å². The first-order valence-corrected chi connectivity index (χ1v) is 14.2. The van der Waals surface area contributed by atoms with Crippen molar-refractivity contribution in [3.8, 4) is 11.4 Å². The van der Waals surface area contributed by atoms with E-state index in [9.17, 15) is 23.2 Å². The second kappa shape index (κ2) is 12.7. The third-order valence-electron chi connectivity index (χ3n) is 8.05. The lowest BCUT2D eigenvalue weighted by Crippen LogP contribution is -2.55. The molecule has 0 radical (unpaired) electrons. The summed E-state index contributed by atoms with van der Waals surface area (Å²) in [5.41, 5.74) is 5.30. The predicted octanol–water partition coefficient (Wildman–Crippen LogP) is 3.12. The minimum Gasteiger partial charge on any atom is -0.367 e. The molecule has 2 aromatic carbocycles. The molecule has 5 rings (SSSR count). The lowest BCUT2D eigenvalue weighted by atomic mass is 9.92. The molecule has 2 aliphatic rings. The number of nitrogens with one attached hydrogen (secondary N) is 2. The lowest BCUT2D eigenvalue weighted by Gasteiger charge is -2.36. The van der Waals surface area contributed by atoms with Gasteiger partial charge in [0.15, 0.2) is 11.5 Å². The highest BCUT2D eigenvalue weighted by Crippen LogP contribution is 2.40. The van der Waals surface area contributed by atoms with Crippen LogP contribution in [0.3, 0.4) is 0 Å². The number of hydrogen-bond acceptors (Lipinski definition) is 6. The van der Waals surface area contributed by atoms with Crippen LogP contribution in [0, 0.1) is 5.82 Å². The van der Waals surface area contributed by atoms with E-state index in [1.807, 2.05) is 0 Å². The Morgan fingerprint density at radius 2 is 1.69 bits per heavy atom. The normalized spacial score (nSPS) is 20.0. The zero-order chi connectivity index (χ0) is 29.7. The van der Waals surface area contributed by atoms with Crippen molar-refractivity contribution >= 4 is 17.7 Å². The number of primary amides is 1. The van der Waals surface area contributed by atoms with Gasteiger partial charge < -0.3 is 21.3 Å². The molecule has 1 aliphatic carbocycles. The Hall–Kier alpha value is -4.25. The summed E-state index contributed by atoms with van der Waals surface area (Å²) in [6.45, 7) is 0.704. The number of amides is 3. The van der Waals surface area contributed by atoms with Gasteiger partial charge in [0, 0.05) is 61.4 Å². The van der Waals surface area contributed by atoms with Crippen molar-refractivity contribution < 1.29 is 23.2 Å². The number of aromatic nitrogens is 2. The Bertz CT molecular complexity index is 1400. The van der Waals surface area contributed by atoms with Crippen LogP contribution in [0.4, 0.5) is 8.78 Å².